The van der Waals surface area contributed by atoms with Crippen LogP contribution in [0.25, 0.3) is 0 Å². The number of hydrogen-bond donors (Lipinski definition) is 1. The van der Waals surface area contributed by atoms with Crippen molar-refractivity contribution in [2.45, 2.75) is 136 Å². The highest BCUT2D eigenvalue weighted by molar-refractivity contribution is 5.31. The van der Waals surface area contributed by atoms with Gasteiger partial charge in [-0.15, -0.1) is 0 Å². The molecule has 3 nitrogen and oxygen atoms in total. The van der Waals surface area contributed by atoms with Crippen LogP contribution in [0, 0.1) is 46.3 Å². The van der Waals surface area contributed by atoms with E-state index in [-0.39, 0.29) is 22.7 Å². The van der Waals surface area contributed by atoms with Gasteiger partial charge in [0, 0.05) is 18.4 Å². The van der Waals surface area contributed by atoms with Crippen LogP contribution >= 0.6 is 0 Å². The molecule has 0 unspecified atom stereocenters. The summed E-state index contributed by atoms with van der Waals surface area (Å²) in [5.74, 6) is 5.08. The van der Waals surface area contributed by atoms with E-state index in [0.29, 0.717) is 5.41 Å². The number of epoxide rings is 1. The van der Waals surface area contributed by atoms with Gasteiger partial charge in [0.05, 0.1) is 6.10 Å². The second kappa shape index (κ2) is 9.26. The second-order valence-corrected chi connectivity index (χ2v) is 14.8. The Morgan fingerprint density at radius 2 is 1.66 bits per heavy atom. The van der Waals surface area contributed by atoms with Crippen molar-refractivity contribution < 1.29 is 9.84 Å². The van der Waals surface area contributed by atoms with Crippen LogP contribution in [-0.4, -0.2) is 46.9 Å². The Morgan fingerprint density at radius 3 is 2.34 bits per heavy atom. The van der Waals surface area contributed by atoms with Crippen LogP contribution in [-0.2, 0) is 4.74 Å². The van der Waals surface area contributed by atoms with Crippen molar-refractivity contribution in [3.63, 3.8) is 0 Å². The van der Waals surface area contributed by atoms with E-state index in [1.807, 2.05) is 0 Å². The number of rotatable bonds is 9. The number of ether oxygens (including phenoxy) is 1. The van der Waals surface area contributed by atoms with Gasteiger partial charge >= 0.3 is 0 Å². The Labute approximate surface area is 217 Å². The van der Waals surface area contributed by atoms with Crippen LogP contribution in [0.5, 0.6) is 0 Å². The predicted octanol–water partition coefficient (Wildman–Crippen LogP) is 7.31. The molecule has 0 bridgehead atoms. The minimum Gasteiger partial charge on any atom is -0.393 e. The minimum atomic E-state index is -0.172. The fraction of sp³-hybridized carbons (Fsp3) is 1.00. The van der Waals surface area contributed by atoms with Crippen LogP contribution in [0.4, 0.5) is 0 Å². The van der Waals surface area contributed by atoms with E-state index in [1.165, 1.54) is 51.4 Å². The first-order chi connectivity index (χ1) is 16.6. The third kappa shape index (κ3) is 3.91. The molecule has 5 fully saturated rings. The number of aliphatic hydroxyl groups is 1. The quantitative estimate of drug-likeness (QED) is 0.346. The molecule has 3 heteroatoms. The SMILES string of the molecule is CCN(CC)C[C@@]12C[C@H]3[C@@H]4CC[C@H]([C@H](C)CCCC(C)C)[C@@]4(C)CC[C@@H]3[C@@]3(C)CC[C@H](O)C[C@]13O2. The lowest BCUT2D eigenvalue weighted by molar-refractivity contribution is -0.124. The summed E-state index contributed by atoms with van der Waals surface area (Å²) >= 11 is 0. The molecular weight excluding hydrogens is 430 g/mol. The Kier molecular flexibility index (Phi) is 7.01. The zero-order chi connectivity index (χ0) is 25.2. The van der Waals surface area contributed by atoms with Crippen molar-refractivity contribution in [2.75, 3.05) is 19.6 Å². The Balaban J connectivity index is 1.41. The number of aliphatic hydroxyl groups excluding tert-OH is 1. The average molecular weight is 488 g/mol. The fourth-order valence-corrected chi connectivity index (χ4v) is 11.0. The van der Waals surface area contributed by atoms with E-state index in [9.17, 15) is 5.11 Å². The summed E-state index contributed by atoms with van der Waals surface area (Å²) in [5, 5.41) is 10.8. The molecule has 0 aromatic rings. The van der Waals surface area contributed by atoms with Gasteiger partial charge in [-0.05, 0) is 99.0 Å². The average Bonchev–Trinajstić information content (AvgIpc) is 3.28. The summed E-state index contributed by atoms with van der Waals surface area (Å²) in [6.45, 7) is 20.5. The molecule has 0 aromatic carbocycles. The molecule has 1 heterocycles. The Hall–Kier alpha value is -0.120. The smallest absolute Gasteiger partial charge is 0.112 e. The molecule has 1 N–H and O–H groups in total. The lowest BCUT2D eigenvalue weighted by atomic mass is 9.42. The summed E-state index contributed by atoms with van der Waals surface area (Å²) in [5.41, 5.74) is 0.672. The molecule has 5 aliphatic rings. The van der Waals surface area contributed by atoms with Gasteiger partial charge in [-0.3, -0.25) is 0 Å². The molecule has 1 spiro atoms. The molecule has 35 heavy (non-hydrogen) atoms. The highest BCUT2D eigenvalue weighted by Crippen LogP contribution is 2.78. The zero-order valence-corrected chi connectivity index (χ0v) is 24.2. The normalized spacial score (nSPS) is 49.4. The molecule has 1 saturated heterocycles. The van der Waals surface area contributed by atoms with Crippen molar-refractivity contribution in [1.29, 1.82) is 0 Å². The lowest BCUT2D eigenvalue weighted by Gasteiger charge is -2.61. The molecule has 4 saturated carbocycles. The maximum absolute atomic E-state index is 10.8. The highest BCUT2D eigenvalue weighted by atomic mass is 16.6. The first-order valence-electron chi connectivity index (χ1n) is 15.7. The van der Waals surface area contributed by atoms with E-state index in [2.05, 4.69) is 53.4 Å². The fourth-order valence-electron chi connectivity index (χ4n) is 11.0. The Bertz CT molecular complexity index is 765. The standard InChI is InChI=1S/C32H57NO2/c1-8-33(9-2)21-31-20-25-27-14-13-26(23(5)12-10-11-22(3)4)29(27,6)17-16-28(25)30(7)18-15-24(34)19-32(30,31)35-31/h22-28,34H,8-21H2,1-7H3/t23-,24+,25+,26-,27+,28+,29-,30-,31+,32-/m1/s1. The van der Waals surface area contributed by atoms with Gasteiger partial charge in [0.2, 0.25) is 0 Å². The molecule has 1 aliphatic heterocycles. The van der Waals surface area contributed by atoms with E-state index in [0.717, 1.165) is 74.4 Å². The Morgan fingerprint density at radius 1 is 0.914 bits per heavy atom. The van der Waals surface area contributed by atoms with E-state index in [4.69, 9.17) is 4.74 Å². The molecule has 0 aromatic heterocycles. The maximum atomic E-state index is 10.8. The van der Waals surface area contributed by atoms with Crippen molar-refractivity contribution in [3.8, 4) is 0 Å². The molecule has 202 valence electrons. The van der Waals surface area contributed by atoms with Crippen molar-refractivity contribution in [1.82, 2.24) is 4.90 Å². The van der Waals surface area contributed by atoms with Crippen LogP contribution in [0.2, 0.25) is 0 Å². The van der Waals surface area contributed by atoms with Crippen LogP contribution in [0.1, 0.15) is 119 Å². The largest absolute Gasteiger partial charge is 0.393 e. The lowest BCUT2D eigenvalue weighted by Crippen LogP contribution is -2.62. The third-order valence-electron chi connectivity index (χ3n) is 12.9. The van der Waals surface area contributed by atoms with Crippen molar-refractivity contribution in [3.05, 3.63) is 0 Å². The van der Waals surface area contributed by atoms with Crippen molar-refractivity contribution >= 4 is 0 Å². The van der Waals surface area contributed by atoms with Gasteiger partial charge in [-0.2, -0.15) is 0 Å². The molecule has 0 radical (unpaired) electrons. The summed E-state index contributed by atoms with van der Waals surface area (Å²) in [6, 6.07) is 0. The van der Waals surface area contributed by atoms with Gasteiger partial charge in [-0.25, -0.2) is 0 Å². The van der Waals surface area contributed by atoms with E-state index < -0.39 is 0 Å². The molecular formula is C32H57NO2. The number of hydrogen-bond acceptors (Lipinski definition) is 3. The third-order valence-corrected chi connectivity index (χ3v) is 12.9. The van der Waals surface area contributed by atoms with Crippen LogP contribution in [0.3, 0.4) is 0 Å². The zero-order valence-electron chi connectivity index (χ0n) is 24.2. The first-order valence-corrected chi connectivity index (χ1v) is 15.7. The number of likely N-dealkylation sites (N-methyl/N-ethyl adjacent to an activating group) is 1. The van der Waals surface area contributed by atoms with Gasteiger partial charge in [0.15, 0.2) is 0 Å². The van der Waals surface area contributed by atoms with Crippen LogP contribution < -0.4 is 0 Å². The molecule has 10 atom stereocenters. The summed E-state index contributed by atoms with van der Waals surface area (Å²) in [7, 11) is 0. The molecule has 0 amide bonds. The van der Waals surface area contributed by atoms with Gasteiger partial charge in [0.25, 0.3) is 0 Å². The van der Waals surface area contributed by atoms with E-state index in [1.54, 1.807) is 0 Å². The monoisotopic (exact) mass is 487 g/mol. The van der Waals surface area contributed by atoms with Gasteiger partial charge < -0.3 is 14.7 Å². The predicted molar refractivity (Wildman–Crippen MR) is 145 cm³/mol. The summed E-state index contributed by atoms with van der Waals surface area (Å²) in [6.07, 6.45) is 14.0. The number of fused-ring (bicyclic) bond motifs is 4. The first kappa shape index (κ1) is 26.5. The van der Waals surface area contributed by atoms with Crippen LogP contribution in [0.15, 0.2) is 0 Å². The second-order valence-electron chi connectivity index (χ2n) is 14.8. The number of nitrogens with zero attached hydrogens (tertiary/aromatic N) is 1. The molecule has 5 rings (SSSR count). The van der Waals surface area contributed by atoms with E-state index >= 15 is 0 Å². The summed E-state index contributed by atoms with van der Waals surface area (Å²) in [4.78, 5) is 2.60. The van der Waals surface area contributed by atoms with Gasteiger partial charge in [-0.1, -0.05) is 67.7 Å². The highest BCUT2D eigenvalue weighted by Gasteiger charge is 2.83. The summed E-state index contributed by atoms with van der Waals surface area (Å²) < 4.78 is 7.09. The maximum Gasteiger partial charge on any atom is 0.112 e. The van der Waals surface area contributed by atoms with Gasteiger partial charge in [0.1, 0.15) is 11.2 Å². The molecule has 4 aliphatic carbocycles. The minimum absolute atomic E-state index is 0.0183. The van der Waals surface area contributed by atoms with Crippen molar-refractivity contribution in [2.24, 2.45) is 46.3 Å². The topological polar surface area (TPSA) is 36.0 Å².